The van der Waals surface area contributed by atoms with E-state index in [0.29, 0.717) is 36.7 Å². The van der Waals surface area contributed by atoms with Gasteiger partial charge in [-0.25, -0.2) is 4.68 Å². The number of nitrogens with one attached hydrogen (secondary N) is 1. The summed E-state index contributed by atoms with van der Waals surface area (Å²) in [4.78, 5) is 18.7. The number of aryl methyl sites for hydroxylation is 3. The molecule has 0 saturated carbocycles. The molecule has 0 fully saturated rings. The first-order chi connectivity index (χ1) is 20.5. The third-order valence-corrected chi connectivity index (χ3v) is 7.73. The van der Waals surface area contributed by atoms with Gasteiger partial charge in [0.05, 0.1) is 20.3 Å². The molecule has 0 bridgehead atoms. The van der Waals surface area contributed by atoms with Crippen LogP contribution in [0.1, 0.15) is 47.5 Å². The van der Waals surface area contributed by atoms with Crippen LogP contribution in [0.3, 0.4) is 0 Å². The highest BCUT2D eigenvalue weighted by atomic mass is 16.5. The Morgan fingerprint density at radius 2 is 1.74 bits per heavy atom. The Morgan fingerprint density at radius 1 is 0.929 bits per heavy atom. The molecule has 1 atom stereocenters. The predicted octanol–water partition coefficient (Wildman–Crippen LogP) is 5.28. The first-order valence-electron chi connectivity index (χ1n) is 14.4. The fourth-order valence-electron chi connectivity index (χ4n) is 5.44. The Hall–Kier alpha value is -4.50. The first-order valence-corrected chi connectivity index (χ1v) is 14.4. The molecule has 0 aliphatic rings. The van der Waals surface area contributed by atoms with Gasteiger partial charge in [-0.1, -0.05) is 55.5 Å². The molecule has 3 aromatic carbocycles. The van der Waals surface area contributed by atoms with Gasteiger partial charge >= 0.3 is 0 Å². The third kappa shape index (κ3) is 6.69. The largest absolute Gasteiger partial charge is 0.493 e. The number of H-pyrrole nitrogens is 1. The predicted molar refractivity (Wildman–Crippen MR) is 164 cm³/mol. The molecule has 0 radical (unpaired) electrons. The van der Waals surface area contributed by atoms with E-state index < -0.39 is 0 Å². The van der Waals surface area contributed by atoms with Crippen LogP contribution in [0.5, 0.6) is 11.5 Å². The smallest absolute Gasteiger partial charge is 0.252 e. The van der Waals surface area contributed by atoms with Crippen molar-refractivity contribution in [2.75, 3.05) is 20.8 Å². The first kappa shape index (κ1) is 29.0. The number of aromatic nitrogens is 5. The van der Waals surface area contributed by atoms with E-state index in [9.17, 15) is 4.79 Å². The minimum atomic E-state index is -0.0935. The molecule has 5 rings (SSSR count). The normalized spacial score (nSPS) is 12.1. The van der Waals surface area contributed by atoms with Crippen LogP contribution in [-0.4, -0.2) is 50.9 Å². The Kier molecular flexibility index (Phi) is 9.28. The van der Waals surface area contributed by atoms with Gasteiger partial charge in [-0.3, -0.25) is 9.69 Å². The van der Waals surface area contributed by atoms with E-state index in [2.05, 4.69) is 62.7 Å². The van der Waals surface area contributed by atoms with E-state index in [1.807, 2.05) is 54.1 Å². The van der Waals surface area contributed by atoms with Gasteiger partial charge in [0.1, 0.15) is 0 Å². The van der Waals surface area contributed by atoms with Crippen LogP contribution < -0.4 is 15.0 Å². The van der Waals surface area contributed by atoms with E-state index in [-0.39, 0.29) is 11.6 Å². The highest BCUT2D eigenvalue weighted by Gasteiger charge is 2.26. The summed E-state index contributed by atoms with van der Waals surface area (Å²) in [6, 6.07) is 24.4. The zero-order valence-electron chi connectivity index (χ0n) is 24.7. The fraction of sp³-hybridized carbons (Fsp3) is 0.333. The molecule has 5 aromatic rings. The molecule has 2 aromatic heterocycles. The Morgan fingerprint density at radius 3 is 2.50 bits per heavy atom. The van der Waals surface area contributed by atoms with E-state index >= 15 is 0 Å². The molecule has 9 nitrogen and oxygen atoms in total. The average Bonchev–Trinajstić information content (AvgIpc) is 3.48. The summed E-state index contributed by atoms with van der Waals surface area (Å²) in [6.45, 7) is 5.97. The van der Waals surface area contributed by atoms with E-state index in [1.54, 1.807) is 14.2 Å². The van der Waals surface area contributed by atoms with Crippen LogP contribution in [0.25, 0.3) is 10.9 Å². The number of rotatable bonds is 13. The second kappa shape index (κ2) is 13.4. The summed E-state index contributed by atoms with van der Waals surface area (Å²) in [7, 11) is 3.28. The van der Waals surface area contributed by atoms with Gasteiger partial charge in [0.25, 0.3) is 5.56 Å². The van der Waals surface area contributed by atoms with Crippen LogP contribution in [-0.2, 0) is 25.9 Å². The molecule has 0 spiro atoms. The second-order valence-electron chi connectivity index (χ2n) is 10.5. The standard InChI is InChI=1S/C33H38N6O3/c1-5-29(32-35-36-37-39(32)18-16-24-9-7-6-8-10-24)38(17-15-25-12-14-30(41-3)31(20-25)42-4)22-27-21-26-13-11-23(2)19-28(26)34-33(27)40/h6-14,19-21,29H,5,15-18,22H2,1-4H3,(H,34,40)/t29-/m1/s1. The second-order valence-corrected chi connectivity index (χ2v) is 10.5. The molecule has 0 unspecified atom stereocenters. The van der Waals surface area contributed by atoms with E-state index in [4.69, 9.17) is 9.47 Å². The van der Waals surface area contributed by atoms with Gasteiger partial charge in [-0.15, -0.1) is 5.10 Å². The molecule has 218 valence electrons. The lowest BCUT2D eigenvalue weighted by Gasteiger charge is -2.30. The molecule has 2 heterocycles. The third-order valence-electron chi connectivity index (χ3n) is 7.73. The highest BCUT2D eigenvalue weighted by molar-refractivity contribution is 5.79. The number of tetrazole rings is 1. The number of ether oxygens (including phenoxy) is 2. The quantitative estimate of drug-likeness (QED) is 0.207. The number of aromatic amines is 1. The van der Waals surface area contributed by atoms with Crippen molar-refractivity contribution in [2.24, 2.45) is 0 Å². The maximum Gasteiger partial charge on any atom is 0.252 e. The van der Waals surface area contributed by atoms with Gasteiger partial charge in [-0.2, -0.15) is 0 Å². The average molecular weight is 567 g/mol. The summed E-state index contributed by atoms with van der Waals surface area (Å²) in [5.74, 6) is 2.19. The molecular weight excluding hydrogens is 528 g/mol. The van der Waals surface area contributed by atoms with Crippen LogP contribution in [0.4, 0.5) is 0 Å². The molecule has 0 amide bonds. The molecule has 1 N–H and O–H groups in total. The number of nitrogens with zero attached hydrogens (tertiary/aromatic N) is 5. The molecule has 0 aliphatic heterocycles. The van der Waals surface area contributed by atoms with Gasteiger partial charge in [-0.05, 0) is 83.0 Å². The topological polar surface area (TPSA) is 98.2 Å². The Bertz CT molecular complexity index is 1680. The summed E-state index contributed by atoms with van der Waals surface area (Å²) in [5.41, 5.74) is 4.92. The van der Waals surface area contributed by atoms with Crippen LogP contribution >= 0.6 is 0 Å². The Labute approximate surface area is 246 Å². The van der Waals surface area contributed by atoms with Gasteiger partial charge in [0.2, 0.25) is 0 Å². The maximum absolute atomic E-state index is 13.3. The maximum atomic E-state index is 13.3. The van der Waals surface area contributed by atoms with Crippen molar-refractivity contribution < 1.29 is 9.47 Å². The zero-order valence-corrected chi connectivity index (χ0v) is 24.7. The minimum Gasteiger partial charge on any atom is -0.493 e. The number of pyridine rings is 1. The van der Waals surface area contributed by atoms with Crippen LogP contribution in [0.15, 0.2) is 77.6 Å². The monoisotopic (exact) mass is 566 g/mol. The van der Waals surface area contributed by atoms with Crippen LogP contribution in [0.2, 0.25) is 0 Å². The van der Waals surface area contributed by atoms with Crippen molar-refractivity contribution in [2.45, 2.75) is 52.2 Å². The van der Waals surface area contributed by atoms with Crippen molar-refractivity contribution >= 4 is 10.9 Å². The number of hydrogen-bond donors (Lipinski definition) is 1. The molecule has 0 saturated heterocycles. The van der Waals surface area contributed by atoms with Crippen molar-refractivity contribution in [3.8, 4) is 11.5 Å². The molecule has 42 heavy (non-hydrogen) atoms. The molecule has 0 aliphatic carbocycles. The van der Waals surface area contributed by atoms with Crippen molar-refractivity contribution in [3.63, 3.8) is 0 Å². The number of methoxy groups -OCH3 is 2. The van der Waals surface area contributed by atoms with Gasteiger partial charge in [0, 0.05) is 30.7 Å². The summed E-state index contributed by atoms with van der Waals surface area (Å²) in [5, 5.41) is 13.9. The molecule has 9 heteroatoms. The minimum absolute atomic E-state index is 0.0808. The van der Waals surface area contributed by atoms with Gasteiger partial charge in [0.15, 0.2) is 17.3 Å². The molecular formula is C33H38N6O3. The fourth-order valence-corrected chi connectivity index (χ4v) is 5.44. The number of benzene rings is 3. The lowest BCUT2D eigenvalue weighted by atomic mass is 10.1. The SMILES string of the molecule is CC[C@H](c1nnnn1CCc1ccccc1)N(CCc1ccc(OC)c(OC)c1)Cc1cc2ccc(C)cc2[nH]c1=O. The number of hydrogen-bond acceptors (Lipinski definition) is 7. The van der Waals surface area contributed by atoms with E-state index in [1.165, 1.54) is 5.56 Å². The summed E-state index contributed by atoms with van der Waals surface area (Å²) < 4.78 is 12.9. The van der Waals surface area contributed by atoms with Crippen molar-refractivity contribution in [3.05, 3.63) is 111 Å². The van der Waals surface area contributed by atoms with Gasteiger partial charge < -0.3 is 14.5 Å². The highest BCUT2D eigenvalue weighted by Crippen LogP contribution is 2.29. The van der Waals surface area contributed by atoms with Crippen molar-refractivity contribution in [1.82, 2.24) is 30.1 Å². The van der Waals surface area contributed by atoms with Crippen molar-refractivity contribution in [1.29, 1.82) is 0 Å². The number of fused-ring (bicyclic) bond motifs is 1. The Balaban J connectivity index is 1.45. The van der Waals surface area contributed by atoms with E-state index in [0.717, 1.165) is 47.1 Å². The summed E-state index contributed by atoms with van der Waals surface area (Å²) in [6.07, 6.45) is 2.35. The summed E-state index contributed by atoms with van der Waals surface area (Å²) >= 11 is 0. The van der Waals surface area contributed by atoms with Crippen LogP contribution in [0, 0.1) is 6.92 Å². The lowest BCUT2D eigenvalue weighted by Crippen LogP contribution is -2.34. The lowest BCUT2D eigenvalue weighted by molar-refractivity contribution is 0.171. The zero-order chi connectivity index (χ0) is 29.5.